The van der Waals surface area contributed by atoms with E-state index in [-0.39, 0.29) is 25.5 Å². The van der Waals surface area contributed by atoms with Crippen molar-refractivity contribution in [2.24, 2.45) is 28.9 Å². The Morgan fingerprint density at radius 3 is 2.23 bits per heavy atom. The summed E-state index contributed by atoms with van der Waals surface area (Å²) in [6, 6.07) is 5.11. The summed E-state index contributed by atoms with van der Waals surface area (Å²) >= 11 is 13.0. The second kappa shape index (κ2) is 13.3. The molecule has 0 aromatic heterocycles. The van der Waals surface area contributed by atoms with Crippen molar-refractivity contribution in [2.45, 2.75) is 100 Å². The summed E-state index contributed by atoms with van der Waals surface area (Å²) in [5.74, 6) is -4.67. The van der Waals surface area contributed by atoms with E-state index in [0.29, 0.717) is 25.7 Å². The first-order valence-corrected chi connectivity index (χ1v) is 16.9. The van der Waals surface area contributed by atoms with Crippen LogP contribution >= 0.6 is 23.2 Å². The monoisotopic (exact) mass is 691 g/mol. The van der Waals surface area contributed by atoms with Crippen molar-refractivity contribution in [3.05, 3.63) is 35.9 Å². The van der Waals surface area contributed by atoms with Gasteiger partial charge in [-0.2, -0.15) is 0 Å². The highest BCUT2D eigenvalue weighted by atomic mass is 35.5. The number of fused-ring (bicyclic) bond motifs is 1. The van der Waals surface area contributed by atoms with Gasteiger partial charge < -0.3 is 31.3 Å². The number of hydrogen-bond donors (Lipinski definition) is 4. The molecule has 0 bridgehead atoms. The molecule has 4 aliphatic rings. The molecule has 1 saturated heterocycles. The molecule has 256 valence electrons. The number of piperidine rings is 1. The van der Waals surface area contributed by atoms with Gasteiger partial charge >= 0.3 is 12.0 Å². The molecule has 1 aromatic carbocycles. The summed E-state index contributed by atoms with van der Waals surface area (Å²) in [5, 5.41) is 8.23. The number of carbonyl (C=O) groups excluding carboxylic acids is 6. The normalized spacial score (nSPS) is 25.1. The standard InChI is InChI=1S/C33H43Cl2N5O7/c1-31(2,3)25(38-30(46)39-32(13-7-8-14-32)29(45)47-17-19-9-5-4-6-10-19)28(44)40-16-20-22(33(20,34)35)23(40)27(43)37-21(15-18-11-12-18)24(41)26(36)42/h4-6,9-10,18,20-23,25H,7-8,11-17H2,1-3H3,(H2,36,42)(H,37,43)(H2,38,39,46)/t20-,21?,22-,23-,25+/m0/s1. The molecular formula is C33H43Cl2N5O7. The fraction of sp³-hybridized carbons (Fsp3) is 0.636. The maximum atomic E-state index is 14.2. The van der Waals surface area contributed by atoms with Gasteiger partial charge in [-0.15, -0.1) is 23.2 Å². The quantitative estimate of drug-likeness (QED) is 0.148. The van der Waals surface area contributed by atoms with E-state index in [1.165, 1.54) is 4.90 Å². The molecule has 1 aliphatic heterocycles. The first-order valence-electron chi connectivity index (χ1n) is 16.2. The Bertz CT molecular complexity index is 1420. The molecule has 3 saturated carbocycles. The van der Waals surface area contributed by atoms with Gasteiger partial charge in [-0.1, -0.05) is 76.8 Å². The van der Waals surface area contributed by atoms with Crippen molar-refractivity contribution < 1.29 is 33.5 Å². The average molecular weight is 693 g/mol. The number of ether oxygens (including phenoxy) is 1. The van der Waals surface area contributed by atoms with Crippen molar-refractivity contribution in [2.75, 3.05) is 6.54 Å². The number of hydrogen-bond acceptors (Lipinski definition) is 7. The number of benzene rings is 1. The summed E-state index contributed by atoms with van der Waals surface area (Å²) in [4.78, 5) is 80.5. The van der Waals surface area contributed by atoms with E-state index in [1.807, 2.05) is 30.3 Å². The zero-order chi connectivity index (χ0) is 34.3. The van der Waals surface area contributed by atoms with Gasteiger partial charge in [-0.25, -0.2) is 9.59 Å². The minimum absolute atomic E-state index is 0.0528. The number of amides is 5. The molecule has 14 heteroatoms. The lowest BCUT2D eigenvalue weighted by Crippen LogP contribution is -2.63. The molecule has 1 aromatic rings. The Hall–Kier alpha value is -3.38. The lowest BCUT2D eigenvalue weighted by atomic mass is 9.85. The van der Waals surface area contributed by atoms with Gasteiger partial charge in [0.1, 0.15) is 28.6 Å². The minimum atomic E-state index is -1.25. The maximum Gasteiger partial charge on any atom is 0.332 e. The van der Waals surface area contributed by atoms with Crippen LogP contribution < -0.4 is 21.7 Å². The Kier molecular flexibility index (Phi) is 9.86. The van der Waals surface area contributed by atoms with Crippen LogP contribution in [0.1, 0.15) is 71.3 Å². The summed E-state index contributed by atoms with van der Waals surface area (Å²) < 4.78 is 4.35. The molecule has 5 atom stereocenters. The molecule has 5 rings (SSSR count). The first kappa shape index (κ1) is 34.9. The highest BCUT2D eigenvalue weighted by Crippen LogP contribution is 2.65. The first-order chi connectivity index (χ1) is 22.0. The van der Waals surface area contributed by atoms with Gasteiger partial charge in [0.2, 0.25) is 17.6 Å². The molecule has 5 N–H and O–H groups in total. The number of esters is 1. The minimum Gasteiger partial charge on any atom is -0.459 e. The van der Waals surface area contributed by atoms with Gasteiger partial charge in [0, 0.05) is 18.4 Å². The Morgan fingerprint density at radius 2 is 1.66 bits per heavy atom. The fourth-order valence-corrected chi connectivity index (χ4v) is 7.73. The average Bonchev–Trinajstić information content (AvgIpc) is 3.75. The van der Waals surface area contributed by atoms with Gasteiger partial charge in [-0.05, 0) is 36.2 Å². The summed E-state index contributed by atoms with van der Waals surface area (Å²) in [5.41, 5.74) is 4.00. The second-order valence-corrected chi connectivity index (χ2v) is 15.9. The van der Waals surface area contributed by atoms with Crippen LogP contribution in [0.25, 0.3) is 0 Å². The lowest BCUT2D eigenvalue weighted by Gasteiger charge is -2.38. The molecule has 12 nitrogen and oxygen atoms in total. The Labute approximate surface area is 284 Å². The van der Waals surface area contributed by atoms with Crippen LogP contribution in [0.5, 0.6) is 0 Å². The van der Waals surface area contributed by atoms with E-state index in [9.17, 15) is 28.8 Å². The smallest absolute Gasteiger partial charge is 0.332 e. The van der Waals surface area contributed by atoms with Crippen molar-refractivity contribution in [1.82, 2.24) is 20.9 Å². The highest BCUT2D eigenvalue weighted by Gasteiger charge is 2.74. The van der Waals surface area contributed by atoms with E-state index in [1.54, 1.807) is 20.8 Å². The number of nitrogens with zero attached hydrogens (tertiary/aromatic N) is 1. The molecule has 4 fully saturated rings. The second-order valence-electron chi connectivity index (χ2n) is 14.5. The number of rotatable bonds is 12. The molecule has 5 amide bonds. The summed E-state index contributed by atoms with van der Waals surface area (Å²) in [6.07, 6.45) is 4.21. The largest absolute Gasteiger partial charge is 0.459 e. The number of nitrogens with two attached hydrogens (primary N) is 1. The van der Waals surface area contributed by atoms with Crippen molar-refractivity contribution >= 4 is 58.7 Å². The number of nitrogens with one attached hydrogen (secondary N) is 3. The van der Waals surface area contributed by atoms with E-state index < -0.39 is 80.8 Å². The SMILES string of the molecule is CC(C)(C)[C@H](NC(=O)NC1(C(=O)OCc2ccccc2)CCCC1)C(=O)N1C[C@H]2[C@@H]([C@H]1C(=O)NC(CC1CC1)C(=O)C(N)=O)C2(Cl)Cl. The topological polar surface area (TPSA) is 177 Å². The van der Waals surface area contributed by atoms with E-state index in [0.717, 1.165) is 18.4 Å². The van der Waals surface area contributed by atoms with Gasteiger partial charge in [-0.3, -0.25) is 19.2 Å². The number of carbonyl (C=O) groups is 6. The van der Waals surface area contributed by atoms with E-state index in [2.05, 4.69) is 16.0 Å². The van der Waals surface area contributed by atoms with Gasteiger partial charge in [0.15, 0.2) is 0 Å². The van der Waals surface area contributed by atoms with Crippen LogP contribution in [0.2, 0.25) is 0 Å². The van der Waals surface area contributed by atoms with Crippen LogP contribution in [0.3, 0.4) is 0 Å². The highest BCUT2D eigenvalue weighted by molar-refractivity contribution is 6.51. The number of Topliss-reactive ketones (excluding diaryl/α,β-unsaturated/α-hetero) is 1. The zero-order valence-electron chi connectivity index (χ0n) is 26.9. The number of ketones is 1. The van der Waals surface area contributed by atoms with Crippen LogP contribution in [0, 0.1) is 23.2 Å². The lowest BCUT2D eigenvalue weighted by molar-refractivity contribution is -0.152. The molecule has 1 unspecified atom stereocenters. The predicted octanol–water partition coefficient (Wildman–Crippen LogP) is 2.73. The van der Waals surface area contributed by atoms with E-state index >= 15 is 0 Å². The third-order valence-electron chi connectivity index (χ3n) is 9.83. The number of halogens is 2. The summed E-state index contributed by atoms with van der Waals surface area (Å²) in [7, 11) is 0. The van der Waals surface area contributed by atoms with Crippen LogP contribution in [0.15, 0.2) is 30.3 Å². The Balaban J connectivity index is 1.30. The third kappa shape index (κ3) is 7.53. The molecule has 1 heterocycles. The molecule has 0 spiro atoms. The predicted molar refractivity (Wildman–Crippen MR) is 173 cm³/mol. The molecule has 3 aliphatic carbocycles. The number of likely N-dealkylation sites (tertiary alicyclic amines) is 1. The molecular weight excluding hydrogens is 649 g/mol. The number of alkyl halides is 2. The zero-order valence-corrected chi connectivity index (χ0v) is 28.4. The third-order valence-corrected chi connectivity index (χ3v) is 10.9. The van der Waals surface area contributed by atoms with E-state index in [4.69, 9.17) is 33.7 Å². The fourth-order valence-electron chi connectivity index (χ4n) is 6.90. The van der Waals surface area contributed by atoms with Gasteiger partial charge in [0.05, 0.1) is 6.04 Å². The molecule has 0 radical (unpaired) electrons. The Morgan fingerprint density at radius 1 is 1.02 bits per heavy atom. The number of primary amides is 1. The van der Waals surface area contributed by atoms with Crippen molar-refractivity contribution in [3.63, 3.8) is 0 Å². The maximum absolute atomic E-state index is 14.2. The van der Waals surface area contributed by atoms with Crippen LogP contribution in [-0.2, 0) is 35.3 Å². The van der Waals surface area contributed by atoms with Crippen molar-refractivity contribution in [1.29, 1.82) is 0 Å². The molecule has 47 heavy (non-hydrogen) atoms. The van der Waals surface area contributed by atoms with Crippen molar-refractivity contribution in [3.8, 4) is 0 Å². The van der Waals surface area contributed by atoms with Gasteiger partial charge in [0.25, 0.3) is 5.91 Å². The van der Waals surface area contributed by atoms with Crippen LogP contribution in [-0.4, -0.2) is 74.9 Å². The number of urea groups is 1. The summed E-state index contributed by atoms with van der Waals surface area (Å²) in [6.45, 7) is 5.42. The van der Waals surface area contributed by atoms with Crippen LogP contribution in [0.4, 0.5) is 4.79 Å².